The Morgan fingerprint density at radius 1 is 1.21 bits per heavy atom. The molecule has 0 bridgehead atoms. The number of nitrogens with zero attached hydrogens (tertiary/aromatic N) is 1. The fraction of sp³-hybridized carbons (Fsp3) is 0.0714. The largest absolute Gasteiger partial charge is 0.420 e. The van der Waals surface area contributed by atoms with Gasteiger partial charge < -0.3 is 10.2 Å². The number of halogens is 1. The number of benzene rings is 2. The summed E-state index contributed by atoms with van der Waals surface area (Å²) >= 11 is 0. The second-order valence-corrected chi connectivity index (χ2v) is 4.27. The van der Waals surface area contributed by atoms with Gasteiger partial charge in [-0.1, -0.05) is 18.2 Å². The second kappa shape index (κ2) is 4.28. The standard InChI is InChI=1S/C14H11FN2O2/c15-11-4-2-1-3-9(11)8-17-12-7-10(16)5-6-13(12)19-14(17)18/h1-7H,8,16H2. The molecule has 96 valence electrons. The highest BCUT2D eigenvalue weighted by molar-refractivity contribution is 5.77. The van der Waals surface area contributed by atoms with Crippen molar-refractivity contribution in [3.63, 3.8) is 0 Å². The van der Waals surface area contributed by atoms with Crippen LogP contribution >= 0.6 is 0 Å². The summed E-state index contributed by atoms with van der Waals surface area (Å²) in [5.41, 5.74) is 7.65. The highest BCUT2D eigenvalue weighted by atomic mass is 19.1. The number of hydrogen-bond donors (Lipinski definition) is 1. The van der Waals surface area contributed by atoms with Gasteiger partial charge >= 0.3 is 5.76 Å². The number of hydrogen-bond acceptors (Lipinski definition) is 3. The lowest BCUT2D eigenvalue weighted by atomic mass is 10.2. The van der Waals surface area contributed by atoms with E-state index in [1.165, 1.54) is 10.6 Å². The normalized spacial score (nSPS) is 11.0. The van der Waals surface area contributed by atoms with Gasteiger partial charge in [0.15, 0.2) is 5.58 Å². The van der Waals surface area contributed by atoms with Crippen LogP contribution in [0.15, 0.2) is 51.7 Å². The van der Waals surface area contributed by atoms with Crippen LogP contribution in [-0.4, -0.2) is 4.57 Å². The molecule has 5 heteroatoms. The molecule has 0 saturated heterocycles. The Bertz CT molecular complexity index is 805. The number of rotatable bonds is 2. The predicted octanol–water partition coefficient (Wildman–Crippen LogP) is 2.36. The average Bonchev–Trinajstić information content (AvgIpc) is 2.69. The van der Waals surface area contributed by atoms with Crippen molar-refractivity contribution in [3.8, 4) is 0 Å². The van der Waals surface area contributed by atoms with Crippen LogP contribution in [-0.2, 0) is 6.54 Å². The Morgan fingerprint density at radius 3 is 2.79 bits per heavy atom. The van der Waals surface area contributed by atoms with Gasteiger partial charge in [0.05, 0.1) is 12.1 Å². The van der Waals surface area contributed by atoms with Crippen LogP contribution in [0, 0.1) is 5.82 Å². The van der Waals surface area contributed by atoms with Crippen molar-refractivity contribution in [3.05, 3.63) is 64.4 Å². The molecule has 3 aromatic rings. The van der Waals surface area contributed by atoms with E-state index >= 15 is 0 Å². The van der Waals surface area contributed by atoms with Gasteiger partial charge in [-0.2, -0.15) is 0 Å². The zero-order valence-electron chi connectivity index (χ0n) is 9.97. The summed E-state index contributed by atoms with van der Waals surface area (Å²) in [7, 11) is 0. The lowest BCUT2D eigenvalue weighted by molar-refractivity contribution is 0.512. The van der Waals surface area contributed by atoms with Crippen LogP contribution in [0.1, 0.15) is 5.56 Å². The van der Waals surface area contributed by atoms with E-state index in [4.69, 9.17) is 10.2 Å². The molecular formula is C14H11FN2O2. The Kier molecular flexibility index (Phi) is 2.59. The lowest BCUT2D eigenvalue weighted by Crippen LogP contribution is -2.15. The van der Waals surface area contributed by atoms with Crippen LogP contribution < -0.4 is 11.5 Å². The van der Waals surface area contributed by atoms with E-state index in [2.05, 4.69) is 0 Å². The summed E-state index contributed by atoms with van der Waals surface area (Å²) in [6.45, 7) is 0.113. The first-order valence-corrected chi connectivity index (χ1v) is 5.77. The van der Waals surface area contributed by atoms with E-state index in [-0.39, 0.29) is 12.4 Å². The SMILES string of the molecule is Nc1ccc2oc(=O)n(Cc3ccccc3F)c2c1. The molecule has 19 heavy (non-hydrogen) atoms. The van der Waals surface area contributed by atoms with E-state index in [1.54, 1.807) is 36.4 Å². The van der Waals surface area contributed by atoms with Crippen molar-refractivity contribution in [2.75, 3.05) is 5.73 Å². The van der Waals surface area contributed by atoms with E-state index in [1.807, 2.05) is 0 Å². The average molecular weight is 258 g/mol. The molecule has 0 aliphatic carbocycles. The zero-order chi connectivity index (χ0) is 13.4. The number of nitrogens with two attached hydrogens (primary N) is 1. The summed E-state index contributed by atoms with van der Waals surface area (Å²) in [5.74, 6) is -0.878. The quantitative estimate of drug-likeness (QED) is 0.718. The maximum atomic E-state index is 13.6. The summed E-state index contributed by atoms with van der Waals surface area (Å²) < 4.78 is 20.1. The molecule has 0 unspecified atom stereocenters. The molecule has 1 aromatic heterocycles. The first-order valence-electron chi connectivity index (χ1n) is 5.77. The summed E-state index contributed by atoms with van der Waals surface area (Å²) in [5, 5.41) is 0. The number of aromatic nitrogens is 1. The number of nitrogen functional groups attached to an aromatic ring is 1. The van der Waals surface area contributed by atoms with Crippen molar-refractivity contribution in [2.45, 2.75) is 6.54 Å². The molecule has 1 heterocycles. The molecule has 2 aromatic carbocycles. The van der Waals surface area contributed by atoms with Gasteiger partial charge in [0.25, 0.3) is 0 Å². The van der Waals surface area contributed by atoms with Gasteiger partial charge in [0.1, 0.15) is 5.82 Å². The lowest BCUT2D eigenvalue weighted by Gasteiger charge is -2.04. The summed E-state index contributed by atoms with van der Waals surface area (Å²) in [6.07, 6.45) is 0. The van der Waals surface area contributed by atoms with Gasteiger partial charge in [-0.15, -0.1) is 0 Å². The number of oxazole rings is 1. The molecule has 0 radical (unpaired) electrons. The van der Waals surface area contributed by atoms with Gasteiger partial charge in [0, 0.05) is 11.3 Å². The van der Waals surface area contributed by atoms with Crippen LogP contribution in [0.25, 0.3) is 11.1 Å². The monoisotopic (exact) mass is 258 g/mol. The highest BCUT2D eigenvalue weighted by Gasteiger charge is 2.11. The minimum Gasteiger partial charge on any atom is -0.408 e. The fourth-order valence-corrected chi connectivity index (χ4v) is 2.03. The van der Waals surface area contributed by atoms with Crippen LogP contribution in [0.2, 0.25) is 0 Å². The van der Waals surface area contributed by atoms with E-state index in [0.717, 1.165) is 0 Å². The molecule has 4 nitrogen and oxygen atoms in total. The molecule has 3 rings (SSSR count). The predicted molar refractivity (Wildman–Crippen MR) is 70.4 cm³/mol. The second-order valence-electron chi connectivity index (χ2n) is 4.27. The van der Waals surface area contributed by atoms with Gasteiger partial charge in [-0.05, 0) is 24.3 Å². The minimum atomic E-state index is -0.524. The summed E-state index contributed by atoms with van der Waals surface area (Å²) in [6, 6.07) is 11.2. The molecule has 0 spiro atoms. The summed E-state index contributed by atoms with van der Waals surface area (Å²) in [4.78, 5) is 11.8. The van der Waals surface area contributed by atoms with Crippen molar-refractivity contribution in [1.82, 2.24) is 4.57 Å². The van der Waals surface area contributed by atoms with Crippen molar-refractivity contribution < 1.29 is 8.81 Å². The molecule has 0 atom stereocenters. The Balaban J connectivity index is 2.15. The molecule has 0 saturated carbocycles. The van der Waals surface area contributed by atoms with Gasteiger partial charge in [-0.3, -0.25) is 4.57 Å². The molecular weight excluding hydrogens is 247 g/mol. The van der Waals surface area contributed by atoms with Crippen molar-refractivity contribution in [1.29, 1.82) is 0 Å². The van der Waals surface area contributed by atoms with Crippen LogP contribution in [0.3, 0.4) is 0 Å². The van der Waals surface area contributed by atoms with E-state index in [0.29, 0.717) is 22.4 Å². The number of fused-ring (bicyclic) bond motifs is 1. The smallest absolute Gasteiger partial charge is 0.408 e. The first kappa shape index (κ1) is 11.5. The van der Waals surface area contributed by atoms with Gasteiger partial charge in [-0.25, -0.2) is 9.18 Å². The van der Waals surface area contributed by atoms with Gasteiger partial charge in [0.2, 0.25) is 0 Å². The van der Waals surface area contributed by atoms with Crippen molar-refractivity contribution >= 4 is 16.8 Å². The Morgan fingerprint density at radius 2 is 2.00 bits per heavy atom. The molecule has 0 amide bonds. The third-order valence-electron chi connectivity index (χ3n) is 2.98. The third kappa shape index (κ3) is 1.99. The third-order valence-corrected chi connectivity index (χ3v) is 2.98. The first-order chi connectivity index (χ1) is 9.15. The fourth-order valence-electron chi connectivity index (χ4n) is 2.03. The van der Waals surface area contributed by atoms with E-state index < -0.39 is 5.76 Å². The van der Waals surface area contributed by atoms with Crippen LogP contribution in [0.5, 0.6) is 0 Å². The zero-order valence-corrected chi connectivity index (χ0v) is 9.97. The Labute approximate surface area is 107 Å². The minimum absolute atomic E-state index is 0.113. The molecule has 0 fully saturated rings. The molecule has 0 aliphatic heterocycles. The molecule has 0 aliphatic rings. The highest BCUT2D eigenvalue weighted by Crippen LogP contribution is 2.18. The van der Waals surface area contributed by atoms with Crippen LogP contribution in [0.4, 0.5) is 10.1 Å². The van der Waals surface area contributed by atoms with Crippen molar-refractivity contribution in [2.24, 2.45) is 0 Å². The maximum Gasteiger partial charge on any atom is 0.420 e. The topological polar surface area (TPSA) is 61.2 Å². The maximum absolute atomic E-state index is 13.6. The van der Waals surface area contributed by atoms with E-state index in [9.17, 15) is 9.18 Å². The number of anilines is 1. The Hall–Kier alpha value is -2.56. The molecule has 2 N–H and O–H groups in total.